The molecule has 0 N–H and O–H groups in total. The SMILES string of the molecule is CCCOS(=O)(=O)CCCSSCC. The Bertz CT molecular complexity index is 214. The fourth-order valence-electron chi connectivity index (χ4n) is 0.706. The summed E-state index contributed by atoms with van der Waals surface area (Å²) in [6.07, 6.45) is 1.41. The maximum Gasteiger partial charge on any atom is 0.267 e. The van der Waals surface area contributed by atoms with Gasteiger partial charge in [0, 0.05) is 11.5 Å². The first-order valence-corrected chi connectivity index (χ1v) is 8.80. The summed E-state index contributed by atoms with van der Waals surface area (Å²) in [5.41, 5.74) is 0. The second-order valence-corrected chi connectivity index (χ2v) is 7.30. The van der Waals surface area contributed by atoms with Crippen molar-refractivity contribution in [3.8, 4) is 0 Å². The van der Waals surface area contributed by atoms with E-state index in [4.69, 9.17) is 4.18 Å². The summed E-state index contributed by atoms with van der Waals surface area (Å²) in [6.45, 7) is 4.28. The van der Waals surface area contributed by atoms with Gasteiger partial charge in [-0.3, -0.25) is 4.18 Å². The Morgan fingerprint density at radius 3 is 2.50 bits per heavy atom. The quantitative estimate of drug-likeness (QED) is 0.361. The summed E-state index contributed by atoms with van der Waals surface area (Å²) in [7, 11) is 0.219. The van der Waals surface area contributed by atoms with Crippen LogP contribution in [-0.4, -0.2) is 32.3 Å². The van der Waals surface area contributed by atoms with Crippen LogP contribution in [0.2, 0.25) is 0 Å². The van der Waals surface area contributed by atoms with Gasteiger partial charge in [0.15, 0.2) is 0 Å². The van der Waals surface area contributed by atoms with E-state index in [0.29, 0.717) is 13.0 Å². The van der Waals surface area contributed by atoms with Gasteiger partial charge < -0.3 is 0 Å². The lowest BCUT2D eigenvalue weighted by Crippen LogP contribution is -2.11. The molecule has 0 aliphatic heterocycles. The van der Waals surface area contributed by atoms with Crippen LogP contribution in [0.15, 0.2) is 0 Å². The van der Waals surface area contributed by atoms with Crippen molar-refractivity contribution in [2.45, 2.75) is 26.7 Å². The third-order valence-electron chi connectivity index (χ3n) is 1.29. The lowest BCUT2D eigenvalue weighted by molar-refractivity contribution is 0.318. The molecule has 0 heterocycles. The summed E-state index contributed by atoms with van der Waals surface area (Å²) < 4.78 is 27.1. The first kappa shape index (κ1) is 14.6. The van der Waals surface area contributed by atoms with Crippen LogP contribution in [0.1, 0.15) is 26.7 Å². The molecular formula is C8H18O3S3. The Balaban J connectivity index is 3.46. The van der Waals surface area contributed by atoms with Gasteiger partial charge in [0.25, 0.3) is 10.1 Å². The predicted molar refractivity (Wildman–Crippen MR) is 65.2 cm³/mol. The molecular weight excluding hydrogens is 240 g/mol. The van der Waals surface area contributed by atoms with Crippen molar-refractivity contribution >= 4 is 31.7 Å². The van der Waals surface area contributed by atoms with E-state index in [1.165, 1.54) is 0 Å². The van der Waals surface area contributed by atoms with E-state index in [0.717, 1.165) is 17.9 Å². The molecule has 0 amide bonds. The van der Waals surface area contributed by atoms with E-state index in [1.807, 2.05) is 6.92 Å². The van der Waals surface area contributed by atoms with Crippen LogP contribution in [0.25, 0.3) is 0 Å². The predicted octanol–water partition coefficient (Wildman–Crippen LogP) is 2.53. The molecule has 0 aliphatic rings. The van der Waals surface area contributed by atoms with Gasteiger partial charge in [-0.1, -0.05) is 35.4 Å². The molecule has 86 valence electrons. The normalized spacial score (nSPS) is 11.9. The monoisotopic (exact) mass is 258 g/mol. The highest BCUT2D eigenvalue weighted by Crippen LogP contribution is 2.21. The summed E-state index contributed by atoms with van der Waals surface area (Å²) in [6, 6.07) is 0. The molecule has 0 saturated heterocycles. The second-order valence-electron chi connectivity index (χ2n) is 2.67. The summed E-state index contributed by atoms with van der Waals surface area (Å²) >= 11 is 0. The maximum atomic E-state index is 11.2. The van der Waals surface area contributed by atoms with E-state index >= 15 is 0 Å². The van der Waals surface area contributed by atoms with Crippen LogP contribution >= 0.6 is 21.6 Å². The minimum atomic E-state index is -3.25. The van der Waals surface area contributed by atoms with Gasteiger partial charge in [-0.15, -0.1) is 0 Å². The molecule has 3 nitrogen and oxygen atoms in total. The van der Waals surface area contributed by atoms with E-state index in [-0.39, 0.29) is 5.75 Å². The van der Waals surface area contributed by atoms with Crippen molar-refractivity contribution in [2.75, 3.05) is 23.9 Å². The second kappa shape index (κ2) is 8.88. The molecule has 0 spiro atoms. The molecule has 0 fully saturated rings. The average molecular weight is 258 g/mol. The van der Waals surface area contributed by atoms with Crippen molar-refractivity contribution in [2.24, 2.45) is 0 Å². The van der Waals surface area contributed by atoms with E-state index < -0.39 is 10.1 Å². The van der Waals surface area contributed by atoms with E-state index in [9.17, 15) is 8.42 Å². The Morgan fingerprint density at radius 2 is 1.93 bits per heavy atom. The van der Waals surface area contributed by atoms with E-state index in [1.54, 1.807) is 21.6 Å². The van der Waals surface area contributed by atoms with Crippen LogP contribution in [0.4, 0.5) is 0 Å². The molecule has 0 aliphatic carbocycles. The fourth-order valence-corrected chi connectivity index (χ4v) is 3.68. The Morgan fingerprint density at radius 1 is 1.21 bits per heavy atom. The highest BCUT2D eigenvalue weighted by molar-refractivity contribution is 8.76. The molecule has 0 rings (SSSR count). The zero-order valence-corrected chi connectivity index (χ0v) is 11.1. The molecule has 0 aromatic heterocycles. The van der Waals surface area contributed by atoms with Crippen LogP contribution in [0, 0.1) is 0 Å². The molecule has 0 aromatic rings. The molecule has 0 aromatic carbocycles. The van der Waals surface area contributed by atoms with Gasteiger partial charge in [0.1, 0.15) is 0 Å². The van der Waals surface area contributed by atoms with Crippen LogP contribution < -0.4 is 0 Å². The van der Waals surface area contributed by atoms with Gasteiger partial charge >= 0.3 is 0 Å². The highest BCUT2D eigenvalue weighted by Gasteiger charge is 2.09. The van der Waals surface area contributed by atoms with Crippen molar-refractivity contribution in [3.63, 3.8) is 0 Å². The first-order chi connectivity index (χ1) is 6.62. The van der Waals surface area contributed by atoms with Gasteiger partial charge in [0.2, 0.25) is 0 Å². The smallest absolute Gasteiger partial charge is 0.267 e. The number of hydrogen-bond acceptors (Lipinski definition) is 5. The molecule has 0 unspecified atom stereocenters. The van der Waals surface area contributed by atoms with Gasteiger partial charge in [-0.05, 0) is 12.8 Å². The lowest BCUT2D eigenvalue weighted by atomic mass is 10.5. The summed E-state index contributed by atoms with van der Waals surface area (Å²) in [4.78, 5) is 0. The molecule has 6 heteroatoms. The number of rotatable bonds is 9. The van der Waals surface area contributed by atoms with Crippen LogP contribution in [-0.2, 0) is 14.3 Å². The Hall–Kier alpha value is 0.610. The zero-order chi connectivity index (χ0) is 10.9. The van der Waals surface area contributed by atoms with Crippen LogP contribution in [0.5, 0.6) is 0 Å². The van der Waals surface area contributed by atoms with E-state index in [2.05, 4.69) is 6.92 Å². The molecule has 0 atom stereocenters. The summed E-state index contributed by atoms with van der Waals surface area (Å²) in [5, 5.41) is 0. The first-order valence-electron chi connectivity index (χ1n) is 4.74. The fraction of sp³-hybridized carbons (Fsp3) is 1.00. The van der Waals surface area contributed by atoms with Crippen molar-refractivity contribution < 1.29 is 12.6 Å². The van der Waals surface area contributed by atoms with Gasteiger partial charge in [0.05, 0.1) is 12.4 Å². The molecule has 14 heavy (non-hydrogen) atoms. The Kier molecular flexibility index (Phi) is 9.27. The molecule has 0 saturated carbocycles. The van der Waals surface area contributed by atoms with Gasteiger partial charge in [-0.25, -0.2) is 0 Å². The largest absolute Gasteiger partial charge is 0.270 e. The zero-order valence-electron chi connectivity index (χ0n) is 8.69. The molecule has 0 radical (unpaired) electrons. The maximum absolute atomic E-state index is 11.2. The van der Waals surface area contributed by atoms with Crippen LogP contribution in [0.3, 0.4) is 0 Å². The standard InChI is InChI=1S/C8H18O3S3/c1-3-6-11-14(9,10)8-5-7-13-12-4-2/h3-8H2,1-2H3. The number of hydrogen-bond donors (Lipinski definition) is 0. The van der Waals surface area contributed by atoms with Crippen molar-refractivity contribution in [3.05, 3.63) is 0 Å². The Labute approximate surface area is 94.9 Å². The highest BCUT2D eigenvalue weighted by atomic mass is 33.1. The third-order valence-corrected chi connectivity index (χ3v) is 5.17. The average Bonchev–Trinajstić information content (AvgIpc) is 2.15. The molecule has 0 bridgehead atoms. The summed E-state index contributed by atoms with van der Waals surface area (Å²) in [5.74, 6) is 2.07. The lowest BCUT2D eigenvalue weighted by Gasteiger charge is -2.03. The van der Waals surface area contributed by atoms with Crippen molar-refractivity contribution in [1.29, 1.82) is 0 Å². The third kappa shape index (κ3) is 9.18. The minimum Gasteiger partial charge on any atom is -0.270 e. The van der Waals surface area contributed by atoms with Gasteiger partial charge in [-0.2, -0.15) is 8.42 Å². The van der Waals surface area contributed by atoms with Crippen molar-refractivity contribution in [1.82, 2.24) is 0 Å². The topological polar surface area (TPSA) is 43.4 Å². The minimum absolute atomic E-state index is 0.143.